The summed E-state index contributed by atoms with van der Waals surface area (Å²) in [6, 6.07) is 3.13. The predicted octanol–water partition coefficient (Wildman–Crippen LogP) is 5.77. The van der Waals surface area contributed by atoms with E-state index in [4.69, 9.17) is 21.1 Å². The number of benzene rings is 1. The molecule has 0 unspecified atom stereocenters. The van der Waals surface area contributed by atoms with Gasteiger partial charge in [0.15, 0.2) is 0 Å². The highest BCUT2D eigenvalue weighted by Gasteiger charge is 2.31. The largest absolute Gasteiger partial charge is 0.486 e. The summed E-state index contributed by atoms with van der Waals surface area (Å²) in [6.07, 6.45) is 8.08. The topological polar surface area (TPSA) is 69.5 Å². The van der Waals surface area contributed by atoms with Gasteiger partial charge in [-0.1, -0.05) is 17.7 Å². The maximum atomic E-state index is 14.6. The molecule has 1 aromatic carbocycles. The van der Waals surface area contributed by atoms with Crippen LogP contribution in [0.15, 0.2) is 36.8 Å². The summed E-state index contributed by atoms with van der Waals surface area (Å²) < 4.78 is 28.6. The zero-order chi connectivity index (χ0) is 24.9. The number of hydrogen-bond donors (Lipinski definition) is 0. The molecule has 7 nitrogen and oxygen atoms in total. The third-order valence-corrected chi connectivity index (χ3v) is 6.66. The Morgan fingerprint density at radius 2 is 2.00 bits per heavy atom. The molecule has 3 heterocycles. The molecule has 184 valence electrons. The van der Waals surface area contributed by atoms with Gasteiger partial charge >= 0.3 is 6.09 Å². The molecule has 3 aromatic rings. The van der Waals surface area contributed by atoms with Gasteiger partial charge in [0.05, 0.1) is 18.0 Å². The second-order valence-corrected chi connectivity index (χ2v) is 10.4. The lowest BCUT2D eigenvalue weighted by molar-refractivity contribution is 0.0220. The lowest BCUT2D eigenvalue weighted by Gasteiger charge is -2.32. The van der Waals surface area contributed by atoms with E-state index in [-0.39, 0.29) is 24.5 Å². The Balaban J connectivity index is 1.35. The number of halogens is 2. The van der Waals surface area contributed by atoms with Crippen molar-refractivity contribution in [2.45, 2.75) is 64.8 Å². The van der Waals surface area contributed by atoms with Crippen molar-refractivity contribution in [3.8, 4) is 5.75 Å². The van der Waals surface area contributed by atoms with Crippen LogP contribution in [0.3, 0.4) is 0 Å². The fraction of sp³-hybridized carbons (Fsp3) is 0.423. The first-order chi connectivity index (χ1) is 16.6. The van der Waals surface area contributed by atoms with Crippen LogP contribution in [0.1, 0.15) is 49.9 Å². The lowest BCUT2D eigenvalue weighted by atomic mass is 9.98. The summed E-state index contributed by atoms with van der Waals surface area (Å²) in [5, 5.41) is 1.29. The molecule has 5 rings (SSSR count). The summed E-state index contributed by atoms with van der Waals surface area (Å²) in [5.41, 5.74) is 2.49. The number of rotatable bonds is 3. The number of carbonyl (C=O) groups is 1. The monoisotopic (exact) mass is 498 g/mol. The fourth-order valence-corrected chi connectivity index (χ4v) is 5.05. The van der Waals surface area contributed by atoms with Crippen LogP contribution in [0.4, 0.5) is 9.18 Å². The average molecular weight is 499 g/mol. The molecule has 9 heteroatoms. The Hall–Kier alpha value is -3.13. The lowest BCUT2D eigenvalue weighted by Crippen LogP contribution is -2.40. The van der Waals surface area contributed by atoms with E-state index in [1.54, 1.807) is 11.0 Å². The highest BCUT2D eigenvalue weighted by atomic mass is 35.5. The van der Waals surface area contributed by atoms with Gasteiger partial charge in [-0.2, -0.15) is 0 Å². The maximum absolute atomic E-state index is 14.6. The molecule has 35 heavy (non-hydrogen) atoms. The van der Waals surface area contributed by atoms with Crippen LogP contribution in [-0.4, -0.2) is 43.8 Å². The summed E-state index contributed by atoms with van der Waals surface area (Å²) in [4.78, 5) is 22.8. The second kappa shape index (κ2) is 8.82. The van der Waals surface area contributed by atoms with Gasteiger partial charge in [-0.05, 0) is 63.5 Å². The van der Waals surface area contributed by atoms with Gasteiger partial charge in [0.1, 0.15) is 40.4 Å². The summed E-state index contributed by atoms with van der Waals surface area (Å²) in [6.45, 7) is 8.12. The molecule has 2 aromatic heterocycles. The summed E-state index contributed by atoms with van der Waals surface area (Å²) >= 11 is 6.29. The van der Waals surface area contributed by atoms with Crippen molar-refractivity contribution in [3.05, 3.63) is 64.5 Å². The minimum atomic E-state index is -0.599. The van der Waals surface area contributed by atoms with E-state index in [9.17, 15) is 9.18 Å². The number of carbonyl (C=O) groups excluding carboxylic acids is 1. The number of amides is 1. The molecule has 0 saturated heterocycles. The third-order valence-electron chi connectivity index (χ3n) is 6.37. The highest BCUT2D eigenvalue weighted by molar-refractivity contribution is 6.34. The van der Waals surface area contributed by atoms with Crippen molar-refractivity contribution in [2.75, 3.05) is 6.54 Å². The molecule has 1 aliphatic carbocycles. The Bertz CT molecular complexity index is 1330. The minimum Gasteiger partial charge on any atom is -0.486 e. The van der Waals surface area contributed by atoms with Crippen LogP contribution < -0.4 is 4.74 Å². The fourth-order valence-electron chi connectivity index (χ4n) is 4.78. The van der Waals surface area contributed by atoms with E-state index in [1.165, 1.54) is 12.4 Å². The molecular formula is C26H28ClFN4O3. The SMILES string of the molecule is Cc1cn([C@H]2C=C[C@@H](Oc3ccc(F)c4c3CN(C(=O)OC(C)(C)C)CC4)C2)c2ncnc(Cl)c12. The molecule has 0 fully saturated rings. The average Bonchev–Trinajstić information content (AvgIpc) is 3.39. The quantitative estimate of drug-likeness (QED) is 0.338. The third kappa shape index (κ3) is 4.59. The molecule has 0 spiro atoms. The van der Waals surface area contributed by atoms with Gasteiger partial charge in [0.2, 0.25) is 0 Å². The van der Waals surface area contributed by atoms with Crippen molar-refractivity contribution in [2.24, 2.45) is 0 Å². The molecule has 0 radical (unpaired) electrons. The number of nitrogens with zero attached hydrogens (tertiary/aromatic N) is 4. The summed E-state index contributed by atoms with van der Waals surface area (Å²) in [7, 11) is 0. The van der Waals surface area contributed by atoms with Crippen LogP contribution in [0.5, 0.6) is 5.75 Å². The van der Waals surface area contributed by atoms with E-state index in [2.05, 4.69) is 20.6 Å². The van der Waals surface area contributed by atoms with Crippen molar-refractivity contribution in [3.63, 3.8) is 0 Å². The normalized spacial score (nSPS) is 19.8. The van der Waals surface area contributed by atoms with E-state index in [0.717, 1.165) is 16.6 Å². The molecule has 2 aliphatic rings. The van der Waals surface area contributed by atoms with E-state index in [1.807, 2.05) is 40.0 Å². The van der Waals surface area contributed by atoms with Crippen LogP contribution in [0, 0.1) is 12.7 Å². The molecule has 0 N–H and O–H groups in total. The molecule has 0 bridgehead atoms. The van der Waals surface area contributed by atoms with Gasteiger partial charge in [-0.3, -0.25) is 0 Å². The zero-order valence-corrected chi connectivity index (χ0v) is 21.0. The number of ether oxygens (including phenoxy) is 2. The van der Waals surface area contributed by atoms with Crippen LogP contribution in [-0.2, 0) is 17.7 Å². The number of aryl methyl sites for hydroxylation is 1. The Labute approximate surface area is 208 Å². The second-order valence-electron chi connectivity index (χ2n) is 10.1. The Morgan fingerprint density at radius 1 is 1.20 bits per heavy atom. The van der Waals surface area contributed by atoms with Crippen molar-refractivity contribution in [1.82, 2.24) is 19.4 Å². The van der Waals surface area contributed by atoms with Crippen molar-refractivity contribution < 1.29 is 18.7 Å². The Kier molecular flexibility index (Phi) is 5.95. The van der Waals surface area contributed by atoms with Gasteiger partial charge in [0.25, 0.3) is 0 Å². The Morgan fingerprint density at radius 3 is 2.77 bits per heavy atom. The number of allylic oxidation sites excluding steroid dienone is 1. The number of aromatic nitrogens is 3. The molecule has 1 aliphatic heterocycles. The zero-order valence-electron chi connectivity index (χ0n) is 20.2. The first-order valence-electron chi connectivity index (χ1n) is 11.7. The molecule has 1 amide bonds. The standard InChI is InChI=1S/C26H28ClFN4O3/c1-15-12-32(24-22(15)23(27)29-14-30-24)16-5-6-17(11-16)34-21-8-7-20(28)18-9-10-31(13-19(18)21)25(33)35-26(2,3)4/h5-8,12,14,16-17H,9-11,13H2,1-4H3/t16-,17+/m0/s1. The minimum absolute atomic E-state index is 0.0386. The molecule has 2 atom stereocenters. The van der Waals surface area contributed by atoms with Gasteiger partial charge < -0.3 is 18.9 Å². The smallest absolute Gasteiger partial charge is 0.410 e. The van der Waals surface area contributed by atoms with Gasteiger partial charge in [-0.25, -0.2) is 19.2 Å². The summed E-state index contributed by atoms with van der Waals surface area (Å²) in [5.74, 6) is 0.311. The van der Waals surface area contributed by atoms with Crippen molar-refractivity contribution in [1.29, 1.82) is 0 Å². The van der Waals surface area contributed by atoms with Gasteiger partial charge in [-0.15, -0.1) is 0 Å². The van der Waals surface area contributed by atoms with Crippen LogP contribution in [0.2, 0.25) is 5.15 Å². The number of hydrogen-bond acceptors (Lipinski definition) is 5. The number of fused-ring (bicyclic) bond motifs is 2. The van der Waals surface area contributed by atoms with Gasteiger partial charge in [0, 0.05) is 24.7 Å². The first-order valence-corrected chi connectivity index (χ1v) is 12.1. The predicted molar refractivity (Wildman–Crippen MR) is 131 cm³/mol. The van der Waals surface area contributed by atoms with E-state index >= 15 is 0 Å². The molecular weight excluding hydrogens is 471 g/mol. The highest BCUT2D eigenvalue weighted by Crippen LogP contribution is 2.36. The maximum Gasteiger partial charge on any atom is 0.410 e. The van der Waals surface area contributed by atoms with E-state index in [0.29, 0.717) is 41.4 Å². The molecule has 0 saturated carbocycles. The van der Waals surface area contributed by atoms with Crippen LogP contribution >= 0.6 is 11.6 Å². The first kappa shape index (κ1) is 23.6. The van der Waals surface area contributed by atoms with Crippen molar-refractivity contribution >= 4 is 28.7 Å². The van der Waals surface area contributed by atoms with Crippen LogP contribution in [0.25, 0.3) is 11.0 Å². The van der Waals surface area contributed by atoms with E-state index < -0.39 is 11.7 Å².